The molecule has 4 atom stereocenters. The van der Waals surface area contributed by atoms with E-state index < -0.39 is 48.4 Å². The predicted octanol–water partition coefficient (Wildman–Crippen LogP) is 1.94. The van der Waals surface area contributed by atoms with Crippen LogP contribution in [0.4, 0.5) is 0 Å². The first-order valence-corrected chi connectivity index (χ1v) is 18.1. The van der Waals surface area contributed by atoms with Crippen molar-refractivity contribution in [3.05, 3.63) is 71.8 Å². The van der Waals surface area contributed by atoms with Crippen molar-refractivity contribution >= 4 is 36.9 Å². The second-order valence-corrected chi connectivity index (χ2v) is 15.4. The van der Waals surface area contributed by atoms with E-state index in [-0.39, 0.29) is 37.2 Å². The van der Waals surface area contributed by atoms with Crippen LogP contribution in [0.2, 0.25) is 0 Å². The van der Waals surface area contributed by atoms with Crippen molar-refractivity contribution in [1.82, 2.24) is 9.80 Å². The third kappa shape index (κ3) is 9.21. The van der Waals surface area contributed by atoms with E-state index in [1.54, 1.807) is 6.92 Å². The van der Waals surface area contributed by atoms with Crippen LogP contribution < -0.4 is 22.9 Å². The van der Waals surface area contributed by atoms with Crippen molar-refractivity contribution < 1.29 is 34.0 Å². The summed E-state index contributed by atoms with van der Waals surface area (Å²) in [7, 11) is -3.63. The van der Waals surface area contributed by atoms with Crippen molar-refractivity contribution in [2.24, 2.45) is 27.9 Å². The van der Waals surface area contributed by atoms with Crippen LogP contribution in [0.5, 0.6) is 0 Å². The molecule has 2 aliphatic rings. The maximum atomic E-state index is 15.1. The predicted molar refractivity (Wildman–Crippen MR) is 183 cm³/mol. The van der Waals surface area contributed by atoms with E-state index in [1.807, 2.05) is 60.7 Å². The van der Waals surface area contributed by atoms with Gasteiger partial charge in [-0.3, -0.25) is 19.4 Å². The zero-order valence-corrected chi connectivity index (χ0v) is 28.2. The first-order valence-electron chi connectivity index (χ1n) is 16.0. The summed E-state index contributed by atoms with van der Waals surface area (Å²) >= 11 is 0. The van der Waals surface area contributed by atoms with Crippen LogP contribution in [0.25, 0.3) is 0 Å². The lowest BCUT2D eigenvalue weighted by molar-refractivity contribution is -0.154. The number of carboxylic acid groups (broad SMARTS) is 2. The number of guanidine groups is 1. The minimum atomic E-state index is -3.63. The largest absolute Gasteiger partial charge is 0.480 e. The van der Waals surface area contributed by atoms with Crippen LogP contribution >= 0.6 is 7.14 Å². The number of benzene rings is 2. The Kier molecular flexibility index (Phi) is 13.7. The Balaban J connectivity index is 0.000000444. The zero-order chi connectivity index (χ0) is 35.5. The summed E-state index contributed by atoms with van der Waals surface area (Å²) in [5.41, 5.74) is 22.7. The zero-order valence-electron chi connectivity index (χ0n) is 27.3. The molecule has 2 aromatic carbocycles. The Morgan fingerprint density at radius 1 is 0.938 bits per heavy atom. The van der Waals surface area contributed by atoms with Crippen LogP contribution in [0.15, 0.2) is 65.7 Å². The first-order chi connectivity index (χ1) is 22.7. The van der Waals surface area contributed by atoms with Gasteiger partial charge in [-0.2, -0.15) is 0 Å². The molecule has 2 amide bonds. The highest BCUT2D eigenvalue weighted by Crippen LogP contribution is 2.67. The molecule has 15 heteroatoms. The molecule has 2 heterocycles. The van der Waals surface area contributed by atoms with Gasteiger partial charge in [0.2, 0.25) is 11.8 Å². The van der Waals surface area contributed by atoms with E-state index in [2.05, 4.69) is 4.99 Å². The molecule has 0 unspecified atom stereocenters. The second-order valence-electron chi connectivity index (χ2n) is 12.3. The lowest BCUT2D eigenvalue weighted by Crippen LogP contribution is -2.59. The van der Waals surface area contributed by atoms with Gasteiger partial charge in [0, 0.05) is 32.0 Å². The molecule has 2 aliphatic heterocycles. The number of aliphatic imine (C=N–C) groups is 1. The smallest absolute Gasteiger partial charge is 0.337 e. The molecular weight excluding hydrogens is 637 g/mol. The molecule has 0 saturated carbocycles. The maximum absolute atomic E-state index is 15.1. The fourth-order valence-electron chi connectivity index (χ4n) is 6.36. The summed E-state index contributed by atoms with van der Waals surface area (Å²) in [6, 6.07) is 16.1. The van der Waals surface area contributed by atoms with E-state index in [4.69, 9.17) is 28.0 Å². The highest BCUT2D eigenvalue weighted by molar-refractivity contribution is 7.65. The summed E-state index contributed by atoms with van der Waals surface area (Å²) in [6.45, 7) is 2.59. The monoisotopic (exact) mass is 685 g/mol. The molecule has 0 aromatic heterocycles. The summed E-state index contributed by atoms with van der Waals surface area (Å²) < 4.78 is 15.1. The fraction of sp³-hybridized carbons (Fsp3) is 0.485. The van der Waals surface area contributed by atoms with Gasteiger partial charge >= 0.3 is 11.9 Å². The molecule has 262 valence electrons. The number of nitrogens with zero attached hydrogens (tertiary/aromatic N) is 3. The number of rotatable bonds is 13. The third-order valence-electron chi connectivity index (χ3n) is 8.69. The third-order valence-corrected chi connectivity index (χ3v) is 12.4. The topological polar surface area (TPSA) is 249 Å². The van der Waals surface area contributed by atoms with Gasteiger partial charge in [-0.05, 0) is 56.6 Å². The summed E-state index contributed by atoms with van der Waals surface area (Å²) in [5.74, 6) is -3.00. The van der Waals surface area contributed by atoms with Crippen molar-refractivity contribution in [2.75, 3.05) is 19.6 Å². The maximum Gasteiger partial charge on any atom is 0.337 e. The van der Waals surface area contributed by atoms with E-state index in [0.29, 0.717) is 45.2 Å². The molecule has 4 rings (SSSR count). The van der Waals surface area contributed by atoms with Gasteiger partial charge in [0.1, 0.15) is 19.2 Å². The summed E-state index contributed by atoms with van der Waals surface area (Å²) in [6.07, 6.45) is 2.69. The molecule has 10 N–H and O–H groups in total. The van der Waals surface area contributed by atoms with Crippen LogP contribution in [-0.2, 0) is 36.1 Å². The van der Waals surface area contributed by atoms with Crippen LogP contribution in [0.1, 0.15) is 56.6 Å². The number of likely N-dealkylation sites (tertiary alicyclic amines) is 2. The number of hydrogen-bond acceptors (Lipinski definition) is 8. The number of carbonyl (C=O) groups is 4. The van der Waals surface area contributed by atoms with Crippen molar-refractivity contribution in [1.29, 1.82) is 0 Å². The number of carbonyl (C=O) groups excluding carboxylic acids is 2. The van der Waals surface area contributed by atoms with Gasteiger partial charge in [0.25, 0.3) is 0 Å². The van der Waals surface area contributed by atoms with Gasteiger partial charge in [-0.1, -0.05) is 60.7 Å². The number of aliphatic carboxylic acids is 2. The Morgan fingerprint density at radius 2 is 1.50 bits per heavy atom. The number of nitrogens with two attached hydrogens (primary N) is 4. The van der Waals surface area contributed by atoms with Crippen molar-refractivity contribution in [3.63, 3.8) is 0 Å². The standard InChI is InChI=1S/C27H34N3O5P.C6H14N4O2/c1-20(28)24(31)29-16-8-14-23(29)25(32)30-17-9-15-27(30,26(33)34)36(35,18-21-10-4-2-5-11-21)19-22-12-6-3-7-13-22;7-4(5(11)12)2-1-3-10-6(8)9/h2-7,10-13,20,23H,8-9,14-19,28H2,1H3,(H,33,34);4H,1-3,7H2,(H,11,12)(H4,8,9,10)/t20-,23-,27+;4-/m00/s1. The van der Waals surface area contributed by atoms with Crippen LogP contribution in [0.3, 0.4) is 0 Å². The van der Waals surface area contributed by atoms with Gasteiger partial charge in [-0.15, -0.1) is 0 Å². The quantitative estimate of drug-likeness (QED) is 0.0769. The SMILES string of the molecule is C[C@H](N)C(=O)N1CCC[C@H]1C(=O)N1CCC[C@]1(C(=O)O)P(=O)(Cc1ccccc1)Cc1ccccc1.NC(N)=NCCC[C@H](N)C(=O)O. The van der Waals surface area contributed by atoms with Crippen molar-refractivity contribution in [2.45, 2.75) is 81.2 Å². The van der Waals surface area contributed by atoms with Crippen molar-refractivity contribution in [3.8, 4) is 0 Å². The molecule has 2 saturated heterocycles. The highest BCUT2D eigenvalue weighted by Gasteiger charge is 2.62. The van der Waals surface area contributed by atoms with Gasteiger partial charge < -0.3 is 47.5 Å². The van der Waals surface area contributed by atoms with E-state index in [9.17, 15) is 24.3 Å². The van der Waals surface area contributed by atoms with E-state index in [0.717, 1.165) is 11.1 Å². The molecule has 0 aliphatic carbocycles. The molecule has 2 fully saturated rings. The van der Waals surface area contributed by atoms with Gasteiger partial charge in [0.15, 0.2) is 11.2 Å². The Bertz CT molecular complexity index is 1440. The second kappa shape index (κ2) is 17.2. The minimum Gasteiger partial charge on any atom is -0.480 e. The Morgan fingerprint density at radius 3 is 1.98 bits per heavy atom. The molecule has 0 bridgehead atoms. The number of hydrogen-bond donors (Lipinski definition) is 6. The summed E-state index contributed by atoms with van der Waals surface area (Å²) in [4.78, 5) is 56.5. The van der Waals surface area contributed by atoms with E-state index >= 15 is 4.57 Å². The molecule has 14 nitrogen and oxygen atoms in total. The highest BCUT2D eigenvalue weighted by atomic mass is 31.2. The van der Waals surface area contributed by atoms with E-state index in [1.165, 1.54) is 9.80 Å². The Labute approximate surface area is 280 Å². The first kappa shape index (κ1) is 38.2. The Hall–Kier alpha value is -4.26. The minimum absolute atomic E-state index is 0.0129. The molecule has 0 spiro atoms. The van der Waals surface area contributed by atoms with Crippen LogP contribution in [-0.4, -0.2) is 92.8 Å². The average Bonchev–Trinajstić information content (AvgIpc) is 3.73. The molecule has 0 radical (unpaired) electrons. The fourth-order valence-corrected chi connectivity index (χ4v) is 10.2. The van der Waals surface area contributed by atoms with Crippen LogP contribution in [0, 0.1) is 0 Å². The number of carboxylic acids is 2. The number of amides is 2. The average molecular weight is 686 g/mol. The molecular formula is C33H48N7O7P. The molecule has 2 aromatic rings. The normalized spacial score (nSPS) is 20.3. The van der Waals surface area contributed by atoms with Gasteiger partial charge in [-0.25, -0.2) is 4.79 Å². The lowest BCUT2D eigenvalue weighted by atomic mass is 10.1. The summed E-state index contributed by atoms with van der Waals surface area (Å²) in [5, 5.41) is 17.2. The van der Waals surface area contributed by atoms with Gasteiger partial charge in [0.05, 0.1) is 6.04 Å². The molecule has 48 heavy (non-hydrogen) atoms. The lowest BCUT2D eigenvalue weighted by Gasteiger charge is -2.43.